The average molecular weight is 474 g/mol. The van der Waals surface area contributed by atoms with Crippen molar-refractivity contribution < 1.29 is 4.79 Å². The quantitative estimate of drug-likeness (QED) is 0.314. The number of fused-ring (bicyclic) bond motifs is 1. The van der Waals surface area contributed by atoms with Crippen LogP contribution in [0.5, 0.6) is 0 Å². The first-order chi connectivity index (χ1) is 16.1. The number of halogens is 1. The third-order valence-electron chi connectivity index (χ3n) is 5.76. The van der Waals surface area contributed by atoms with Gasteiger partial charge >= 0.3 is 0 Å². The molecule has 1 aliphatic rings. The molecule has 0 unspecified atom stereocenters. The molecule has 166 valence electrons. The van der Waals surface area contributed by atoms with Gasteiger partial charge in [0.2, 0.25) is 0 Å². The lowest BCUT2D eigenvalue weighted by molar-refractivity contribution is -0.116. The number of rotatable bonds is 6. The van der Waals surface area contributed by atoms with Gasteiger partial charge in [0.05, 0.1) is 4.91 Å². The van der Waals surface area contributed by atoms with E-state index in [0.717, 1.165) is 40.1 Å². The highest BCUT2D eigenvalue weighted by atomic mass is 35.5. The van der Waals surface area contributed by atoms with Crippen LogP contribution in [-0.2, 0) is 17.8 Å². The number of anilines is 1. The first-order valence-corrected chi connectivity index (χ1v) is 12.2. The van der Waals surface area contributed by atoms with Gasteiger partial charge in [-0.05, 0) is 54.0 Å². The molecule has 0 aliphatic carbocycles. The minimum atomic E-state index is -0.196. The molecule has 0 saturated carbocycles. The van der Waals surface area contributed by atoms with E-state index in [-0.39, 0.29) is 11.4 Å². The topological polar surface area (TPSA) is 46.1 Å². The molecule has 6 heteroatoms. The van der Waals surface area contributed by atoms with E-state index in [1.807, 2.05) is 42.5 Å². The monoisotopic (exact) mass is 473 g/mol. The zero-order chi connectivity index (χ0) is 22.8. The van der Waals surface area contributed by atoms with Crippen LogP contribution in [0.25, 0.3) is 17.0 Å². The van der Waals surface area contributed by atoms with Crippen LogP contribution < -0.4 is 10.6 Å². The van der Waals surface area contributed by atoms with E-state index >= 15 is 0 Å². The van der Waals surface area contributed by atoms with Gasteiger partial charge in [-0.3, -0.25) is 4.79 Å². The minimum Gasteiger partial charge on any atom is -0.357 e. The Kier molecular flexibility index (Phi) is 6.16. The number of hydrogen-bond donors (Lipinski definition) is 2. The van der Waals surface area contributed by atoms with Gasteiger partial charge in [0.25, 0.3) is 5.91 Å². The summed E-state index contributed by atoms with van der Waals surface area (Å²) >= 11 is 7.55. The molecule has 1 aromatic heterocycles. The smallest absolute Gasteiger partial charge is 0.260 e. The minimum absolute atomic E-state index is 0.0581. The largest absolute Gasteiger partial charge is 0.357 e. The molecule has 5 rings (SSSR count). The Morgan fingerprint density at radius 1 is 1.03 bits per heavy atom. The molecule has 1 aliphatic heterocycles. The summed E-state index contributed by atoms with van der Waals surface area (Å²) in [7, 11) is 0. The number of thioether (sulfide) groups is 1. The Labute approximate surface area is 202 Å². The summed E-state index contributed by atoms with van der Waals surface area (Å²) in [5, 5.41) is 8.27. The fourth-order valence-electron chi connectivity index (χ4n) is 4.00. The van der Waals surface area contributed by atoms with Crippen molar-refractivity contribution in [2.45, 2.75) is 25.4 Å². The number of carbonyl (C=O) groups excluding carboxylic acids is 1. The molecule has 1 saturated heterocycles. The maximum atomic E-state index is 12.7. The molecule has 33 heavy (non-hydrogen) atoms. The van der Waals surface area contributed by atoms with Crippen LogP contribution in [0.3, 0.4) is 0 Å². The zero-order valence-electron chi connectivity index (χ0n) is 18.2. The van der Waals surface area contributed by atoms with Gasteiger partial charge in [0.1, 0.15) is 0 Å². The number of carbonyl (C=O) groups is 1. The summed E-state index contributed by atoms with van der Waals surface area (Å²) in [6.07, 6.45) is 5.11. The normalized spacial score (nSPS) is 17.0. The Hall–Kier alpha value is -3.15. The van der Waals surface area contributed by atoms with E-state index in [1.54, 1.807) is 0 Å². The van der Waals surface area contributed by atoms with Gasteiger partial charge in [-0.2, -0.15) is 0 Å². The van der Waals surface area contributed by atoms with Crippen molar-refractivity contribution >= 4 is 51.9 Å². The van der Waals surface area contributed by atoms with Crippen molar-refractivity contribution in [3.05, 3.63) is 106 Å². The summed E-state index contributed by atoms with van der Waals surface area (Å²) in [4.78, 5) is 13.4. The van der Waals surface area contributed by atoms with E-state index in [0.29, 0.717) is 4.91 Å². The van der Waals surface area contributed by atoms with Crippen molar-refractivity contribution in [2.75, 3.05) is 5.32 Å². The number of amides is 1. The lowest BCUT2D eigenvalue weighted by atomic mass is 10.1. The molecule has 0 bridgehead atoms. The van der Waals surface area contributed by atoms with Gasteiger partial charge in [-0.15, -0.1) is 0 Å². The van der Waals surface area contributed by atoms with Gasteiger partial charge in [-0.1, -0.05) is 72.8 Å². The lowest BCUT2D eigenvalue weighted by Gasteiger charge is -2.12. The maximum Gasteiger partial charge on any atom is 0.260 e. The van der Waals surface area contributed by atoms with Gasteiger partial charge < -0.3 is 15.2 Å². The number of para-hydroxylation sites is 1. The highest BCUT2D eigenvalue weighted by Gasteiger charge is 2.27. The molecule has 0 radical (unpaired) electrons. The second-order valence-corrected chi connectivity index (χ2v) is 9.61. The molecule has 2 heterocycles. The summed E-state index contributed by atoms with van der Waals surface area (Å²) in [5.41, 5.74) is 5.42. The molecule has 4 aromatic rings. The van der Waals surface area contributed by atoms with Crippen LogP contribution in [0, 0.1) is 0 Å². The van der Waals surface area contributed by atoms with E-state index in [2.05, 4.69) is 64.7 Å². The number of aromatic nitrogens is 1. The summed E-state index contributed by atoms with van der Waals surface area (Å²) in [6.45, 7) is 2.87. The first-order valence-electron chi connectivity index (χ1n) is 11.0. The van der Waals surface area contributed by atoms with E-state index in [9.17, 15) is 4.79 Å². The Morgan fingerprint density at radius 3 is 2.52 bits per heavy atom. The standard InChI is InChI=1S/C27H24ClN3OS/c1-2-18-9-13-22(14-10-18)29-27-30-26(32)25(33-27)15-20-17-31(24-6-4-3-5-23(20)24)16-19-7-11-21(28)12-8-19/h3-15,17,27,29H,2,16H2,1H3,(H,30,32)/b25-15-/t27-/m0/s1. The molecule has 4 nitrogen and oxygen atoms in total. The highest BCUT2D eigenvalue weighted by Crippen LogP contribution is 2.33. The molecule has 3 aromatic carbocycles. The zero-order valence-corrected chi connectivity index (χ0v) is 19.8. The summed E-state index contributed by atoms with van der Waals surface area (Å²) in [6, 6.07) is 24.5. The van der Waals surface area contributed by atoms with Crippen molar-refractivity contribution in [1.82, 2.24) is 9.88 Å². The van der Waals surface area contributed by atoms with Crippen LogP contribution in [-0.4, -0.2) is 16.0 Å². The highest BCUT2D eigenvalue weighted by molar-refractivity contribution is 8.05. The second-order valence-electron chi connectivity index (χ2n) is 8.03. The molecular weight excluding hydrogens is 450 g/mol. The van der Waals surface area contributed by atoms with Crippen LogP contribution >= 0.6 is 23.4 Å². The Bertz CT molecular complexity index is 1330. The van der Waals surface area contributed by atoms with Crippen LogP contribution in [0.15, 0.2) is 83.9 Å². The fraction of sp³-hybridized carbons (Fsp3) is 0.148. The molecule has 1 amide bonds. The molecule has 2 N–H and O–H groups in total. The van der Waals surface area contributed by atoms with Crippen molar-refractivity contribution in [3.8, 4) is 0 Å². The van der Waals surface area contributed by atoms with Crippen LogP contribution in [0.4, 0.5) is 5.69 Å². The summed E-state index contributed by atoms with van der Waals surface area (Å²) in [5.74, 6) is -0.0581. The molecule has 0 spiro atoms. The van der Waals surface area contributed by atoms with E-state index in [4.69, 9.17) is 11.6 Å². The number of nitrogens with one attached hydrogen (secondary N) is 2. The lowest BCUT2D eigenvalue weighted by Crippen LogP contribution is -2.30. The third kappa shape index (κ3) is 4.80. The first kappa shape index (κ1) is 21.7. The third-order valence-corrected chi connectivity index (χ3v) is 7.04. The number of aryl methyl sites for hydroxylation is 1. The SMILES string of the molecule is CCc1ccc(N[C@H]2NC(=O)/C(=C/c3cn(Cc4ccc(Cl)cc4)c4ccccc34)S2)cc1. The molecule has 1 atom stereocenters. The number of hydrogen-bond acceptors (Lipinski definition) is 3. The summed E-state index contributed by atoms with van der Waals surface area (Å²) < 4.78 is 2.22. The van der Waals surface area contributed by atoms with Crippen LogP contribution in [0.1, 0.15) is 23.6 Å². The Balaban J connectivity index is 1.39. The predicted molar refractivity (Wildman–Crippen MR) is 139 cm³/mol. The van der Waals surface area contributed by atoms with E-state index in [1.165, 1.54) is 22.9 Å². The van der Waals surface area contributed by atoms with Gasteiger partial charge in [0.15, 0.2) is 5.50 Å². The van der Waals surface area contributed by atoms with Crippen molar-refractivity contribution in [1.29, 1.82) is 0 Å². The van der Waals surface area contributed by atoms with Crippen molar-refractivity contribution in [3.63, 3.8) is 0 Å². The van der Waals surface area contributed by atoms with Crippen molar-refractivity contribution in [2.24, 2.45) is 0 Å². The van der Waals surface area contributed by atoms with E-state index < -0.39 is 0 Å². The Morgan fingerprint density at radius 2 is 1.76 bits per heavy atom. The fourth-order valence-corrected chi connectivity index (χ4v) is 5.10. The van der Waals surface area contributed by atoms with Gasteiger partial charge in [0, 0.05) is 39.9 Å². The molecule has 1 fully saturated rings. The van der Waals surface area contributed by atoms with Gasteiger partial charge in [-0.25, -0.2) is 0 Å². The number of nitrogens with zero attached hydrogens (tertiary/aromatic N) is 1. The number of benzene rings is 3. The average Bonchev–Trinajstić information content (AvgIpc) is 3.35. The molecular formula is C27H24ClN3OS. The van der Waals surface area contributed by atoms with Crippen LogP contribution in [0.2, 0.25) is 5.02 Å². The predicted octanol–water partition coefficient (Wildman–Crippen LogP) is 6.51. The maximum absolute atomic E-state index is 12.7. The second kappa shape index (κ2) is 9.38.